The SMILES string of the molecule is COCCOCCS(=O)(=O)N[C@@H](Cc1ccccc1)C(=O)O. The van der Waals surface area contributed by atoms with Crippen molar-refractivity contribution in [2.45, 2.75) is 12.5 Å². The first-order chi connectivity index (χ1) is 10.4. The molecular weight excluding hydrogens is 310 g/mol. The lowest BCUT2D eigenvalue weighted by atomic mass is 10.1. The van der Waals surface area contributed by atoms with Gasteiger partial charge in [-0.3, -0.25) is 4.79 Å². The van der Waals surface area contributed by atoms with E-state index in [4.69, 9.17) is 14.6 Å². The minimum absolute atomic E-state index is 0.0175. The van der Waals surface area contributed by atoms with Crippen LogP contribution < -0.4 is 4.72 Å². The summed E-state index contributed by atoms with van der Waals surface area (Å²) < 4.78 is 35.8. The Morgan fingerprint density at radius 3 is 2.50 bits per heavy atom. The second kappa shape index (κ2) is 9.52. The molecule has 1 rings (SSSR count). The van der Waals surface area contributed by atoms with Crippen molar-refractivity contribution in [1.82, 2.24) is 4.72 Å². The molecule has 7 nitrogen and oxygen atoms in total. The highest BCUT2D eigenvalue weighted by atomic mass is 32.2. The van der Waals surface area contributed by atoms with Crippen molar-refractivity contribution in [2.24, 2.45) is 0 Å². The van der Waals surface area contributed by atoms with Crippen LogP contribution in [0.1, 0.15) is 5.56 Å². The summed E-state index contributed by atoms with van der Waals surface area (Å²) in [6, 6.07) is 7.64. The summed E-state index contributed by atoms with van der Waals surface area (Å²) in [6.45, 7) is 0.647. The van der Waals surface area contributed by atoms with E-state index in [0.29, 0.717) is 13.2 Å². The molecule has 1 aromatic rings. The Bertz CT molecular complexity index is 546. The molecule has 0 heterocycles. The van der Waals surface area contributed by atoms with Crippen molar-refractivity contribution >= 4 is 16.0 Å². The molecule has 0 spiro atoms. The number of methoxy groups -OCH3 is 1. The van der Waals surface area contributed by atoms with E-state index in [-0.39, 0.29) is 18.8 Å². The van der Waals surface area contributed by atoms with Gasteiger partial charge >= 0.3 is 5.97 Å². The predicted octanol–water partition coefficient (Wildman–Crippen LogP) is 0.265. The van der Waals surface area contributed by atoms with Crippen LogP contribution in [0, 0.1) is 0 Å². The number of hydrogen-bond donors (Lipinski definition) is 2. The molecule has 0 aliphatic rings. The summed E-state index contributed by atoms with van der Waals surface area (Å²) in [5.41, 5.74) is 0.744. The van der Waals surface area contributed by atoms with Gasteiger partial charge in [0.1, 0.15) is 6.04 Å². The zero-order valence-electron chi connectivity index (χ0n) is 12.4. The number of rotatable bonds is 11. The highest BCUT2D eigenvalue weighted by Crippen LogP contribution is 2.05. The molecule has 2 N–H and O–H groups in total. The number of sulfonamides is 1. The smallest absolute Gasteiger partial charge is 0.322 e. The number of carbonyl (C=O) groups is 1. The highest BCUT2D eigenvalue weighted by Gasteiger charge is 2.24. The minimum Gasteiger partial charge on any atom is -0.480 e. The van der Waals surface area contributed by atoms with Gasteiger partial charge in [0, 0.05) is 7.11 Å². The van der Waals surface area contributed by atoms with Gasteiger partial charge in [-0.2, -0.15) is 0 Å². The van der Waals surface area contributed by atoms with Crippen LogP contribution in [0.25, 0.3) is 0 Å². The lowest BCUT2D eigenvalue weighted by Gasteiger charge is -2.15. The summed E-state index contributed by atoms with van der Waals surface area (Å²) in [7, 11) is -2.21. The Labute approximate surface area is 130 Å². The first-order valence-electron chi connectivity index (χ1n) is 6.78. The van der Waals surface area contributed by atoms with E-state index in [1.165, 1.54) is 7.11 Å². The Kier molecular flexibility index (Phi) is 8.03. The van der Waals surface area contributed by atoms with Crippen LogP contribution in [0.3, 0.4) is 0 Å². The summed E-state index contributed by atoms with van der Waals surface area (Å²) in [5.74, 6) is -1.51. The van der Waals surface area contributed by atoms with E-state index >= 15 is 0 Å². The van der Waals surface area contributed by atoms with Crippen LogP contribution in [-0.4, -0.2) is 58.2 Å². The molecule has 8 heteroatoms. The number of benzene rings is 1. The van der Waals surface area contributed by atoms with Crippen molar-refractivity contribution in [1.29, 1.82) is 0 Å². The molecule has 0 saturated heterocycles. The first-order valence-corrected chi connectivity index (χ1v) is 8.43. The number of hydrogen-bond acceptors (Lipinski definition) is 5. The Morgan fingerprint density at radius 2 is 1.91 bits per heavy atom. The van der Waals surface area contributed by atoms with Gasteiger partial charge in [0.2, 0.25) is 10.0 Å². The molecule has 0 unspecified atom stereocenters. The van der Waals surface area contributed by atoms with Crippen molar-refractivity contribution < 1.29 is 27.8 Å². The molecule has 0 aliphatic carbocycles. The standard InChI is InChI=1S/C14H21NO6S/c1-20-7-8-21-9-10-22(18,19)15-13(14(16)17)11-12-5-3-2-4-6-12/h2-6,13,15H,7-11H2,1H3,(H,16,17)/t13-/m0/s1. The van der Waals surface area contributed by atoms with Crippen LogP contribution in [-0.2, 0) is 30.7 Å². The van der Waals surface area contributed by atoms with Gasteiger partial charge in [-0.1, -0.05) is 30.3 Å². The fourth-order valence-electron chi connectivity index (χ4n) is 1.72. The maximum Gasteiger partial charge on any atom is 0.322 e. The van der Waals surface area contributed by atoms with Gasteiger partial charge in [0.25, 0.3) is 0 Å². The largest absolute Gasteiger partial charge is 0.480 e. The maximum absolute atomic E-state index is 11.9. The van der Waals surface area contributed by atoms with Crippen LogP contribution in [0.5, 0.6) is 0 Å². The Hall–Kier alpha value is -1.48. The molecule has 0 saturated carbocycles. The van der Waals surface area contributed by atoms with Crippen molar-refractivity contribution in [3.63, 3.8) is 0 Å². The number of ether oxygens (including phenoxy) is 2. The quantitative estimate of drug-likeness (QED) is 0.564. The zero-order chi connectivity index (χ0) is 16.4. The second-order valence-electron chi connectivity index (χ2n) is 4.62. The molecule has 1 aromatic carbocycles. The van der Waals surface area contributed by atoms with Gasteiger partial charge in [0.15, 0.2) is 0 Å². The van der Waals surface area contributed by atoms with Crippen LogP contribution >= 0.6 is 0 Å². The molecule has 0 radical (unpaired) electrons. The highest BCUT2D eigenvalue weighted by molar-refractivity contribution is 7.89. The molecule has 0 fully saturated rings. The van der Waals surface area contributed by atoms with Gasteiger partial charge in [-0.05, 0) is 12.0 Å². The number of aliphatic carboxylic acids is 1. The van der Waals surface area contributed by atoms with Crippen LogP contribution in [0.15, 0.2) is 30.3 Å². The third-order valence-corrected chi connectivity index (χ3v) is 4.18. The summed E-state index contributed by atoms with van der Waals surface area (Å²) in [4.78, 5) is 11.2. The number of carboxylic acids is 1. The topological polar surface area (TPSA) is 102 Å². The van der Waals surface area contributed by atoms with Crippen molar-refractivity contribution in [3.8, 4) is 0 Å². The molecule has 0 aromatic heterocycles. The fraction of sp³-hybridized carbons (Fsp3) is 0.500. The lowest BCUT2D eigenvalue weighted by molar-refractivity contribution is -0.138. The van der Waals surface area contributed by atoms with Crippen molar-refractivity contribution in [3.05, 3.63) is 35.9 Å². The third-order valence-electron chi connectivity index (χ3n) is 2.83. The molecule has 124 valence electrons. The van der Waals surface area contributed by atoms with E-state index in [9.17, 15) is 13.2 Å². The van der Waals surface area contributed by atoms with Gasteiger partial charge < -0.3 is 14.6 Å². The fourth-order valence-corrected chi connectivity index (χ4v) is 2.79. The zero-order valence-corrected chi connectivity index (χ0v) is 13.2. The van der Waals surface area contributed by atoms with E-state index in [0.717, 1.165) is 5.56 Å². The van der Waals surface area contributed by atoms with Crippen LogP contribution in [0.4, 0.5) is 0 Å². The molecule has 1 atom stereocenters. The summed E-state index contributed by atoms with van der Waals surface area (Å²) in [6.07, 6.45) is 0.0833. The lowest BCUT2D eigenvalue weighted by Crippen LogP contribution is -2.43. The second-order valence-corrected chi connectivity index (χ2v) is 6.50. The van der Waals surface area contributed by atoms with E-state index in [1.807, 2.05) is 0 Å². The normalized spacial score (nSPS) is 13.0. The Morgan fingerprint density at radius 1 is 1.23 bits per heavy atom. The number of nitrogens with one attached hydrogen (secondary N) is 1. The van der Waals surface area contributed by atoms with Gasteiger partial charge in [-0.25, -0.2) is 13.1 Å². The molecule has 0 amide bonds. The number of carboxylic acid groups (broad SMARTS) is 1. The maximum atomic E-state index is 11.9. The van der Waals surface area contributed by atoms with Crippen LogP contribution in [0.2, 0.25) is 0 Å². The van der Waals surface area contributed by atoms with E-state index in [2.05, 4.69) is 4.72 Å². The van der Waals surface area contributed by atoms with E-state index < -0.39 is 22.0 Å². The predicted molar refractivity (Wildman–Crippen MR) is 81.2 cm³/mol. The molecule has 0 bridgehead atoms. The summed E-state index contributed by atoms with van der Waals surface area (Å²) >= 11 is 0. The van der Waals surface area contributed by atoms with Gasteiger partial charge in [-0.15, -0.1) is 0 Å². The molecule has 22 heavy (non-hydrogen) atoms. The first kappa shape index (κ1) is 18.6. The van der Waals surface area contributed by atoms with Gasteiger partial charge in [0.05, 0.1) is 25.6 Å². The Balaban J connectivity index is 2.52. The average molecular weight is 331 g/mol. The molecule has 0 aliphatic heterocycles. The summed E-state index contributed by atoms with van der Waals surface area (Å²) in [5, 5.41) is 9.16. The monoisotopic (exact) mass is 331 g/mol. The average Bonchev–Trinajstić information content (AvgIpc) is 2.47. The minimum atomic E-state index is -3.73. The molecular formula is C14H21NO6S. The van der Waals surface area contributed by atoms with Crippen molar-refractivity contribution in [2.75, 3.05) is 32.7 Å². The third kappa shape index (κ3) is 7.51. The van der Waals surface area contributed by atoms with E-state index in [1.54, 1.807) is 30.3 Å².